The second-order valence-corrected chi connectivity index (χ2v) is 11.0. The van der Waals surface area contributed by atoms with Gasteiger partial charge in [-0.3, -0.25) is 0 Å². The maximum absolute atomic E-state index is 10.5. The second kappa shape index (κ2) is 11.2. The molecule has 0 bridgehead atoms. The minimum absolute atomic E-state index is 0.0987. The van der Waals surface area contributed by atoms with E-state index in [2.05, 4.69) is 44.7 Å². The molecule has 10 nitrogen and oxygen atoms in total. The third-order valence-corrected chi connectivity index (χ3v) is 8.48. The first-order chi connectivity index (χ1) is 21.5. The lowest BCUT2D eigenvalue weighted by molar-refractivity contribution is 1.06. The minimum Gasteiger partial charge on any atom is -0.192 e. The lowest BCUT2D eigenvalue weighted by Gasteiger charge is -2.13. The fourth-order valence-corrected chi connectivity index (χ4v) is 6.18. The van der Waals surface area contributed by atoms with Crippen molar-refractivity contribution >= 4 is 45.0 Å². The molecule has 2 aliphatic rings. The average Bonchev–Trinajstić information content (AvgIpc) is 3.87. The Morgan fingerprint density at radius 2 is 0.886 bits per heavy atom. The number of benzene rings is 2. The van der Waals surface area contributed by atoms with Crippen LogP contribution >= 0.6 is 22.7 Å². The Hall–Kier alpha value is -6.80. The summed E-state index contributed by atoms with van der Waals surface area (Å²) in [6.45, 7) is 0. The zero-order valence-corrected chi connectivity index (χ0v) is 23.7. The Kier molecular flexibility index (Phi) is 6.99. The summed E-state index contributed by atoms with van der Waals surface area (Å²) in [5.74, 6) is 0. The third-order valence-electron chi connectivity index (χ3n) is 6.79. The molecule has 0 aliphatic heterocycles. The standard InChI is InChI=1S/C32H10N10S2/c33-11-17-1-5-19(6-2-17)21-9-23-24(29(21)25(13-35)31-41-39-27(15-37)43-31)10-22(20-7-3-18(12-34)4-8-20)30(23)26(14-36)32-42-40-28(16-38)44-32/h1-10H/b29-25-,30-26-. The topological polar surface area (TPSA) is 194 Å². The van der Waals surface area contributed by atoms with Crippen molar-refractivity contribution in [1.29, 1.82) is 31.6 Å². The lowest BCUT2D eigenvalue weighted by Crippen LogP contribution is -1.96. The highest BCUT2D eigenvalue weighted by molar-refractivity contribution is 7.13. The number of aromatic nitrogens is 4. The van der Waals surface area contributed by atoms with E-state index in [1.807, 2.05) is 24.3 Å². The molecule has 0 radical (unpaired) electrons. The van der Waals surface area contributed by atoms with Gasteiger partial charge in [-0.15, -0.1) is 20.4 Å². The zero-order chi connectivity index (χ0) is 30.8. The van der Waals surface area contributed by atoms with E-state index >= 15 is 0 Å². The van der Waals surface area contributed by atoms with E-state index in [1.54, 1.807) is 48.5 Å². The maximum atomic E-state index is 10.5. The number of nitriles is 6. The van der Waals surface area contributed by atoms with Crippen LogP contribution in [0.1, 0.15) is 42.3 Å². The monoisotopic (exact) mass is 598 g/mol. The first kappa shape index (κ1) is 27.4. The average molecular weight is 599 g/mol. The van der Waals surface area contributed by atoms with Gasteiger partial charge in [0.15, 0.2) is 10.0 Å². The van der Waals surface area contributed by atoms with Gasteiger partial charge in [-0.1, -0.05) is 46.9 Å². The number of hydrogen-bond acceptors (Lipinski definition) is 12. The number of hydrogen-bond donors (Lipinski definition) is 0. The van der Waals surface area contributed by atoms with E-state index in [1.165, 1.54) is 0 Å². The smallest absolute Gasteiger partial charge is 0.192 e. The molecule has 0 saturated carbocycles. The summed E-state index contributed by atoms with van der Waals surface area (Å²) >= 11 is 1.97. The van der Waals surface area contributed by atoms with Crippen LogP contribution in [-0.2, 0) is 0 Å². The van der Waals surface area contributed by atoms with Crippen LogP contribution in [0.15, 0.2) is 83.0 Å². The highest BCUT2D eigenvalue weighted by atomic mass is 32.1. The van der Waals surface area contributed by atoms with Crippen molar-refractivity contribution in [2.45, 2.75) is 0 Å². The van der Waals surface area contributed by atoms with Crippen molar-refractivity contribution in [3.63, 3.8) is 0 Å². The molecule has 200 valence electrons. The maximum Gasteiger partial charge on any atom is 0.218 e. The van der Waals surface area contributed by atoms with Crippen LogP contribution in [0.4, 0.5) is 0 Å². The summed E-state index contributed by atoms with van der Waals surface area (Å²) in [5.41, 5.74) is 6.27. The van der Waals surface area contributed by atoms with Gasteiger partial charge in [0, 0.05) is 11.1 Å². The molecule has 2 aliphatic carbocycles. The van der Waals surface area contributed by atoms with Gasteiger partial charge >= 0.3 is 0 Å². The fraction of sp³-hybridized carbons (Fsp3) is 0. The highest BCUT2D eigenvalue weighted by Crippen LogP contribution is 2.53. The minimum atomic E-state index is 0.0987. The van der Waals surface area contributed by atoms with E-state index in [0.29, 0.717) is 55.7 Å². The Balaban J connectivity index is 1.68. The van der Waals surface area contributed by atoms with Crippen molar-refractivity contribution in [2.24, 2.45) is 0 Å². The molecule has 2 aromatic carbocycles. The molecule has 0 unspecified atom stereocenters. The molecule has 2 aromatic heterocycles. The van der Waals surface area contributed by atoms with E-state index in [9.17, 15) is 31.6 Å². The van der Waals surface area contributed by atoms with Gasteiger partial charge < -0.3 is 0 Å². The summed E-state index contributed by atoms with van der Waals surface area (Å²) in [4.78, 5) is 0. The first-order valence-electron chi connectivity index (χ1n) is 12.5. The molecule has 0 N–H and O–H groups in total. The molecule has 0 saturated heterocycles. The first-order valence-corrected chi connectivity index (χ1v) is 14.1. The largest absolute Gasteiger partial charge is 0.218 e. The van der Waals surface area contributed by atoms with Crippen molar-refractivity contribution < 1.29 is 0 Å². The quantitative estimate of drug-likeness (QED) is 0.266. The van der Waals surface area contributed by atoms with Crippen LogP contribution in [0.2, 0.25) is 0 Å². The Morgan fingerprint density at radius 1 is 0.500 bits per heavy atom. The molecule has 6 rings (SSSR count). The molecular weight excluding hydrogens is 589 g/mol. The predicted molar refractivity (Wildman–Crippen MR) is 160 cm³/mol. The van der Waals surface area contributed by atoms with Gasteiger partial charge in [-0.25, -0.2) is 0 Å². The van der Waals surface area contributed by atoms with Crippen LogP contribution in [-0.4, -0.2) is 20.4 Å². The third kappa shape index (κ3) is 4.54. The molecular formula is C32H10N10S2. The van der Waals surface area contributed by atoms with Gasteiger partial charge in [0.05, 0.1) is 34.4 Å². The SMILES string of the molecule is N#C/C(=C1\C(c2ccc(C#N)cc2)=CC2=C1C=C(c1ccc(C#N)cc1)/C2=C(\C#N)c1nnc(C#N)s1)c1nnc(C#N)s1. The van der Waals surface area contributed by atoms with E-state index < -0.39 is 0 Å². The summed E-state index contributed by atoms with van der Waals surface area (Å²) in [6, 6.07) is 26.4. The number of allylic oxidation sites excluding steroid dienone is 10. The zero-order valence-electron chi connectivity index (χ0n) is 22.1. The van der Waals surface area contributed by atoms with Gasteiger partial charge in [-0.2, -0.15) is 31.6 Å². The fourth-order valence-electron chi connectivity index (χ4n) is 4.90. The Morgan fingerprint density at radius 3 is 1.18 bits per heavy atom. The summed E-state index contributed by atoms with van der Waals surface area (Å²) in [5, 5.41) is 75.0. The molecule has 0 amide bonds. The molecule has 4 aromatic rings. The molecule has 2 heterocycles. The molecule has 44 heavy (non-hydrogen) atoms. The molecule has 0 spiro atoms. The van der Waals surface area contributed by atoms with Crippen LogP contribution in [0.25, 0.3) is 22.3 Å². The second-order valence-electron chi connectivity index (χ2n) is 9.09. The molecule has 0 atom stereocenters. The summed E-state index contributed by atoms with van der Waals surface area (Å²) in [6.07, 6.45) is 3.73. The van der Waals surface area contributed by atoms with Gasteiger partial charge in [0.2, 0.25) is 10.0 Å². The molecule has 12 heteroatoms. The van der Waals surface area contributed by atoms with E-state index in [-0.39, 0.29) is 31.2 Å². The number of rotatable bonds is 4. The Bertz CT molecular complexity index is 2150. The van der Waals surface area contributed by atoms with Gasteiger partial charge in [0.1, 0.15) is 24.3 Å². The van der Waals surface area contributed by atoms with Crippen molar-refractivity contribution in [3.05, 3.63) is 125 Å². The molecule has 0 fully saturated rings. The van der Waals surface area contributed by atoms with Gasteiger partial charge in [0.25, 0.3) is 0 Å². The van der Waals surface area contributed by atoms with Crippen LogP contribution in [0, 0.1) is 68.0 Å². The Labute approximate surface area is 257 Å². The van der Waals surface area contributed by atoms with E-state index in [4.69, 9.17) is 0 Å². The van der Waals surface area contributed by atoms with Crippen LogP contribution in [0.5, 0.6) is 0 Å². The summed E-state index contributed by atoms with van der Waals surface area (Å²) in [7, 11) is 0. The van der Waals surface area contributed by atoms with E-state index in [0.717, 1.165) is 22.7 Å². The lowest BCUT2D eigenvalue weighted by atomic mass is 9.90. The van der Waals surface area contributed by atoms with Crippen LogP contribution < -0.4 is 0 Å². The van der Waals surface area contributed by atoms with Crippen LogP contribution in [0.3, 0.4) is 0 Å². The highest BCUT2D eigenvalue weighted by Gasteiger charge is 2.36. The normalized spacial score (nSPS) is 15.4. The number of nitrogens with zero attached hydrogens (tertiary/aromatic N) is 10. The van der Waals surface area contributed by atoms with Crippen molar-refractivity contribution in [3.8, 4) is 36.4 Å². The van der Waals surface area contributed by atoms with Crippen molar-refractivity contribution in [2.75, 3.05) is 0 Å². The summed E-state index contributed by atoms with van der Waals surface area (Å²) < 4.78 is 0. The predicted octanol–water partition coefficient (Wildman–Crippen LogP) is 5.62. The van der Waals surface area contributed by atoms with Crippen molar-refractivity contribution in [1.82, 2.24) is 20.4 Å². The van der Waals surface area contributed by atoms with Gasteiger partial charge in [-0.05, 0) is 69.8 Å².